The summed E-state index contributed by atoms with van der Waals surface area (Å²) in [4.78, 5) is 16.3. The molecule has 4 nitrogen and oxygen atoms in total. The summed E-state index contributed by atoms with van der Waals surface area (Å²) in [7, 11) is 1.60. The Labute approximate surface area is 117 Å². The van der Waals surface area contributed by atoms with Crippen LogP contribution in [0.3, 0.4) is 0 Å². The van der Waals surface area contributed by atoms with Gasteiger partial charge in [-0.05, 0) is 47.9 Å². The maximum Gasteiger partial charge on any atom is 0.267 e. The lowest BCUT2D eigenvalue weighted by molar-refractivity contribution is 0.414. The Bertz CT molecular complexity index is 843. The van der Waals surface area contributed by atoms with Gasteiger partial charge in [-0.25, -0.2) is 0 Å². The molecule has 0 amide bonds. The van der Waals surface area contributed by atoms with Gasteiger partial charge in [-0.1, -0.05) is 0 Å². The molecule has 6 heteroatoms. The van der Waals surface area contributed by atoms with E-state index in [1.165, 1.54) is 15.9 Å². The van der Waals surface area contributed by atoms with Gasteiger partial charge in [0.05, 0.1) is 18.2 Å². The van der Waals surface area contributed by atoms with Gasteiger partial charge < -0.3 is 9.72 Å². The van der Waals surface area contributed by atoms with Gasteiger partial charge in [0.15, 0.2) is 4.77 Å². The van der Waals surface area contributed by atoms with E-state index in [1.807, 2.05) is 17.5 Å². The van der Waals surface area contributed by atoms with Gasteiger partial charge in [0.25, 0.3) is 5.56 Å². The number of ether oxygens (including phenoxy) is 1. The summed E-state index contributed by atoms with van der Waals surface area (Å²) in [6.45, 7) is 0. The fraction of sp³-hybridized carbons (Fsp3) is 0.0769. The van der Waals surface area contributed by atoms with E-state index in [4.69, 9.17) is 17.0 Å². The van der Waals surface area contributed by atoms with Gasteiger partial charge in [0.2, 0.25) is 0 Å². The standard InChI is InChI=1S/C13H10N2O2S2/c1-17-9-4-2-8(3-5-9)15-12(16)10-6-7-19-11(10)14-13(15)18/h2-7H,1H3,(H,14,18). The van der Waals surface area contributed by atoms with Crippen molar-refractivity contribution in [2.24, 2.45) is 0 Å². The van der Waals surface area contributed by atoms with Crippen molar-refractivity contribution >= 4 is 33.8 Å². The SMILES string of the molecule is COc1ccc(-n2c(=S)[nH]c3sccc3c2=O)cc1. The molecule has 3 rings (SSSR count). The van der Waals surface area contributed by atoms with Crippen molar-refractivity contribution in [1.29, 1.82) is 0 Å². The van der Waals surface area contributed by atoms with Crippen LogP contribution in [0.2, 0.25) is 0 Å². The molecular formula is C13H10N2O2S2. The molecular weight excluding hydrogens is 280 g/mol. The van der Waals surface area contributed by atoms with Crippen molar-refractivity contribution in [3.63, 3.8) is 0 Å². The molecule has 0 aliphatic rings. The lowest BCUT2D eigenvalue weighted by atomic mass is 10.3. The Morgan fingerprint density at radius 1 is 1.26 bits per heavy atom. The molecule has 0 atom stereocenters. The monoisotopic (exact) mass is 290 g/mol. The molecule has 1 N–H and O–H groups in total. The number of thiophene rings is 1. The third-order valence-electron chi connectivity index (χ3n) is 2.85. The average molecular weight is 290 g/mol. The molecule has 0 saturated heterocycles. The molecule has 0 bridgehead atoms. The average Bonchev–Trinajstić information content (AvgIpc) is 2.88. The Morgan fingerprint density at radius 3 is 2.68 bits per heavy atom. The first-order valence-electron chi connectivity index (χ1n) is 5.57. The Hall–Kier alpha value is -1.92. The van der Waals surface area contributed by atoms with Crippen LogP contribution in [0.25, 0.3) is 15.9 Å². The van der Waals surface area contributed by atoms with E-state index in [9.17, 15) is 4.79 Å². The minimum Gasteiger partial charge on any atom is -0.497 e. The molecule has 0 fully saturated rings. The molecule has 0 saturated carbocycles. The van der Waals surface area contributed by atoms with E-state index < -0.39 is 0 Å². The highest BCUT2D eigenvalue weighted by Crippen LogP contribution is 2.17. The number of H-pyrrole nitrogens is 1. The number of methoxy groups -OCH3 is 1. The van der Waals surface area contributed by atoms with Gasteiger partial charge in [-0.2, -0.15) is 0 Å². The van der Waals surface area contributed by atoms with Crippen molar-refractivity contribution in [3.8, 4) is 11.4 Å². The molecule has 0 aliphatic carbocycles. The summed E-state index contributed by atoms with van der Waals surface area (Å²) in [6, 6.07) is 9.01. The Balaban J connectivity index is 2.29. The largest absolute Gasteiger partial charge is 0.497 e. The van der Waals surface area contributed by atoms with E-state index in [-0.39, 0.29) is 5.56 Å². The minimum absolute atomic E-state index is 0.106. The van der Waals surface area contributed by atoms with E-state index in [0.717, 1.165) is 16.3 Å². The topological polar surface area (TPSA) is 47.0 Å². The Kier molecular flexibility index (Phi) is 2.96. The highest BCUT2D eigenvalue weighted by Gasteiger charge is 2.08. The lowest BCUT2D eigenvalue weighted by Crippen LogP contribution is -2.19. The molecule has 0 aliphatic heterocycles. The van der Waals surface area contributed by atoms with Gasteiger partial charge in [-0.15, -0.1) is 11.3 Å². The van der Waals surface area contributed by atoms with E-state index >= 15 is 0 Å². The first-order chi connectivity index (χ1) is 9.20. The normalized spacial score (nSPS) is 10.8. The predicted molar refractivity (Wildman–Crippen MR) is 79.2 cm³/mol. The van der Waals surface area contributed by atoms with Crippen molar-refractivity contribution < 1.29 is 4.74 Å². The second-order valence-corrected chi connectivity index (χ2v) is 5.23. The molecule has 1 aromatic carbocycles. The second kappa shape index (κ2) is 4.64. The maximum absolute atomic E-state index is 12.4. The molecule has 0 unspecified atom stereocenters. The molecule has 0 spiro atoms. The third-order valence-corrected chi connectivity index (χ3v) is 3.97. The first-order valence-corrected chi connectivity index (χ1v) is 6.86. The van der Waals surface area contributed by atoms with Crippen LogP contribution < -0.4 is 10.3 Å². The molecule has 3 aromatic rings. The number of aromatic nitrogens is 2. The van der Waals surface area contributed by atoms with Crippen molar-refractivity contribution in [2.45, 2.75) is 0 Å². The molecule has 2 heterocycles. The quantitative estimate of drug-likeness (QED) is 0.738. The smallest absolute Gasteiger partial charge is 0.267 e. The van der Waals surface area contributed by atoms with Crippen LogP contribution in [0, 0.1) is 4.77 Å². The van der Waals surface area contributed by atoms with Gasteiger partial charge in [0, 0.05) is 0 Å². The maximum atomic E-state index is 12.4. The first kappa shape index (κ1) is 12.1. The van der Waals surface area contributed by atoms with Crippen LogP contribution in [0.5, 0.6) is 5.75 Å². The zero-order valence-corrected chi connectivity index (χ0v) is 11.7. The summed E-state index contributed by atoms with van der Waals surface area (Å²) < 4.78 is 6.99. The van der Waals surface area contributed by atoms with Crippen LogP contribution >= 0.6 is 23.6 Å². The number of hydrogen-bond donors (Lipinski definition) is 1. The second-order valence-electron chi connectivity index (χ2n) is 3.93. The summed E-state index contributed by atoms with van der Waals surface area (Å²) in [5, 5.41) is 2.52. The fourth-order valence-corrected chi connectivity index (χ4v) is 3.04. The van der Waals surface area contributed by atoms with Crippen molar-refractivity contribution in [1.82, 2.24) is 9.55 Å². The highest BCUT2D eigenvalue weighted by atomic mass is 32.1. The fourth-order valence-electron chi connectivity index (χ4n) is 1.91. The number of hydrogen-bond acceptors (Lipinski definition) is 4. The Morgan fingerprint density at radius 2 is 2.00 bits per heavy atom. The van der Waals surface area contributed by atoms with Gasteiger partial charge >= 0.3 is 0 Å². The number of benzene rings is 1. The van der Waals surface area contributed by atoms with Crippen LogP contribution in [-0.2, 0) is 0 Å². The van der Waals surface area contributed by atoms with Crippen LogP contribution in [0.1, 0.15) is 0 Å². The van der Waals surface area contributed by atoms with Crippen LogP contribution in [-0.4, -0.2) is 16.7 Å². The number of fused-ring (bicyclic) bond motifs is 1. The van der Waals surface area contributed by atoms with E-state index in [2.05, 4.69) is 4.98 Å². The third kappa shape index (κ3) is 1.98. The van der Waals surface area contributed by atoms with Crippen LogP contribution in [0.4, 0.5) is 0 Å². The summed E-state index contributed by atoms with van der Waals surface area (Å²) in [6.07, 6.45) is 0. The lowest BCUT2D eigenvalue weighted by Gasteiger charge is -2.07. The number of nitrogens with zero attached hydrogens (tertiary/aromatic N) is 1. The highest BCUT2D eigenvalue weighted by molar-refractivity contribution is 7.71. The number of nitrogens with one attached hydrogen (secondary N) is 1. The summed E-state index contributed by atoms with van der Waals surface area (Å²) >= 11 is 6.73. The molecule has 96 valence electrons. The molecule has 2 aromatic heterocycles. The molecule has 19 heavy (non-hydrogen) atoms. The molecule has 0 radical (unpaired) electrons. The minimum atomic E-state index is -0.106. The number of rotatable bonds is 2. The number of aromatic amines is 1. The zero-order chi connectivity index (χ0) is 13.4. The van der Waals surface area contributed by atoms with Gasteiger partial charge in [-0.3, -0.25) is 9.36 Å². The summed E-state index contributed by atoms with van der Waals surface area (Å²) in [5.74, 6) is 0.739. The van der Waals surface area contributed by atoms with Crippen LogP contribution in [0.15, 0.2) is 40.5 Å². The summed E-state index contributed by atoms with van der Waals surface area (Å²) in [5.41, 5.74) is 0.616. The van der Waals surface area contributed by atoms with Crippen molar-refractivity contribution in [2.75, 3.05) is 7.11 Å². The van der Waals surface area contributed by atoms with E-state index in [0.29, 0.717) is 10.2 Å². The zero-order valence-electron chi connectivity index (χ0n) is 10.0. The van der Waals surface area contributed by atoms with Gasteiger partial charge in [0.1, 0.15) is 10.6 Å². The predicted octanol–water partition coefficient (Wildman–Crippen LogP) is 3.12. The van der Waals surface area contributed by atoms with Crippen molar-refractivity contribution in [3.05, 3.63) is 50.8 Å². The van der Waals surface area contributed by atoms with E-state index in [1.54, 1.807) is 25.3 Å².